The van der Waals surface area contributed by atoms with Gasteiger partial charge in [-0.2, -0.15) is 5.10 Å². The molecule has 1 aliphatic carbocycles. The minimum Gasteiger partial charge on any atom is -0.373 e. The van der Waals surface area contributed by atoms with Gasteiger partial charge in [-0.3, -0.25) is 4.68 Å². The SMILES string of the molecule is CCOC1(C(N)c2c(Br)cnn2CC)CCCCCC1. The summed E-state index contributed by atoms with van der Waals surface area (Å²) in [4.78, 5) is 0. The molecule has 0 spiro atoms. The molecule has 5 heteroatoms. The van der Waals surface area contributed by atoms with E-state index in [1.807, 2.05) is 10.9 Å². The minimum atomic E-state index is -0.235. The molecule has 0 amide bonds. The molecular formula is C15H26BrN3O. The molecule has 1 aromatic rings. The zero-order chi connectivity index (χ0) is 14.6. The molecule has 0 aliphatic heterocycles. The Morgan fingerprint density at radius 1 is 1.35 bits per heavy atom. The fraction of sp³-hybridized carbons (Fsp3) is 0.800. The first-order chi connectivity index (χ1) is 9.64. The first-order valence-corrected chi connectivity index (χ1v) is 8.54. The Kier molecular flexibility index (Phi) is 5.64. The average Bonchev–Trinajstić information content (AvgIpc) is 2.66. The van der Waals surface area contributed by atoms with Crippen molar-refractivity contribution in [1.82, 2.24) is 9.78 Å². The second-order valence-corrected chi connectivity index (χ2v) is 6.44. The molecule has 0 saturated heterocycles. The molecule has 0 radical (unpaired) electrons. The van der Waals surface area contributed by atoms with Crippen molar-refractivity contribution in [3.05, 3.63) is 16.4 Å². The van der Waals surface area contributed by atoms with Crippen LogP contribution >= 0.6 is 15.9 Å². The van der Waals surface area contributed by atoms with E-state index in [1.54, 1.807) is 0 Å². The predicted molar refractivity (Wildman–Crippen MR) is 84.6 cm³/mol. The lowest BCUT2D eigenvalue weighted by Crippen LogP contribution is -2.44. The molecule has 1 aliphatic rings. The molecule has 2 rings (SSSR count). The van der Waals surface area contributed by atoms with Gasteiger partial charge in [-0.1, -0.05) is 25.7 Å². The van der Waals surface area contributed by atoms with E-state index in [4.69, 9.17) is 10.5 Å². The molecule has 1 fully saturated rings. The summed E-state index contributed by atoms with van der Waals surface area (Å²) in [5.74, 6) is 0. The smallest absolute Gasteiger partial charge is 0.0889 e. The van der Waals surface area contributed by atoms with Crippen LogP contribution in [0.25, 0.3) is 0 Å². The fourth-order valence-electron chi connectivity index (χ4n) is 3.34. The summed E-state index contributed by atoms with van der Waals surface area (Å²) in [7, 11) is 0. The van der Waals surface area contributed by atoms with E-state index >= 15 is 0 Å². The van der Waals surface area contributed by atoms with E-state index < -0.39 is 0 Å². The summed E-state index contributed by atoms with van der Waals surface area (Å²) in [5, 5.41) is 4.40. The zero-order valence-corrected chi connectivity index (χ0v) is 14.2. The molecule has 4 nitrogen and oxygen atoms in total. The third-order valence-corrected chi connectivity index (χ3v) is 4.99. The van der Waals surface area contributed by atoms with Crippen LogP contribution in [0, 0.1) is 0 Å². The highest BCUT2D eigenvalue weighted by Gasteiger charge is 2.40. The summed E-state index contributed by atoms with van der Waals surface area (Å²) < 4.78 is 9.19. The quantitative estimate of drug-likeness (QED) is 0.827. The van der Waals surface area contributed by atoms with E-state index in [-0.39, 0.29) is 11.6 Å². The highest BCUT2D eigenvalue weighted by molar-refractivity contribution is 9.10. The van der Waals surface area contributed by atoms with E-state index in [0.717, 1.165) is 29.6 Å². The van der Waals surface area contributed by atoms with Gasteiger partial charge >= 0.3 is 0 Å². The van der Waals surface area contributed by atoms with Crippen LogP contribution in [0.3, 0.4) is 0 Å². The molecule has 1 unspecified atom stereocenters. The molecule has 1 aromatic heterocycles. The van der Waals surface area contributed by atoms with Crippen molar-refractivity contribution in [1.29, 1.82) is 0 Å². The van der Waals surface area contributed by atoms with Gasteiger partial charge in [0.25, 0.3) is 0 Å². The first kappa shape index (κ1) is 16.0. The molecule has 114 valence electrons. The maximum absolute atomic E-state index is 6.67. The third-order valence-electron chi connectivity index (χ3n) is 4.38. The lowest BCUT2D eigenvalue weighted by molar-refractivity contribution is -0.0713. The number of hydrogen-bond acceptors (Lipinski definition) is 3. The topological polar surface area (TPSA) is 53.1 Å². The summed E-state index contributed by atoms with van der Waals surface area (Å²) in [6.45, 7) is 5.70. The Balaban J connectivity index is 2.34. The average molecular weight is 344 g/mol. The van der Waals surface area contributed by atoms with Crippen LogP contribution in [0.15, 0.2) is 10.7 Å². The van der Waals surface area contributed by atoms with Crippen LogP contribution in [-0.4, -0.2) is 22.0 Å². The second kappa shape index (κ2) is 7.05. The Morgan fingerprint density at radius 2 is 2.00 bits per heavy atom. The fourth-order valence-corrected chi connectivity index (χ4v) is 3.88. The molecule has 0 bridgehead atoms. The number of aryl methyl sites for hydroxylation is 1. The zero-order valence-electron chi connectivity index (χ0n) is 12.6. The lowest BCUT2D eigenvalue weighted by Gasteiger charge is -2.38. The van der Waals surface area contributed by atoms with Gasteiger partial charge in [0.05, 0.1) is 28.0 Å². The lowest BCUT2D eigenvalue weighted by atomic mass is 9.84. The normalized spacial score (nSPS) is 20.6. The maximum Gasteiger partial charge on any atom is 0.0889 e. The Hall–Kier alpha value is -0.390. The van der Waals surface area contributed by atoms with E-state index in [2.05, 4.69) is 34.9 Å². The van der Waals surface area contributed by atoms with Crippen molar-refractivity contribution >= 4 is 15.9 Å². The van der Waals surface area contributed by atoms with Crippen LogP contribution in [0.4, 0.5) is 0 Å². The van der Waals surface area contributed by atoms with Gasteiger partial charge in [0.15, 0.2) is 0 Å². The Labute approximate surface area is 130 Å². The van der Waals surface area contributed by atoms with Gasteiger partial charge in [0.1, 0.15) is 0 Å². The first-order valence-electron chi connectivity index (χ1n) is 7.75. The molecule has 1 heterocycles. The number of ether oxygens (including phenoxy) is 1. The molecule has 2 N–H and O–H groups in total. The highest BCUT2D eigenvalue weighted by Crippen LogP contribution is 2.41. The molecule has 1 saturated carbocycles. The number of rotatable bonds is 5. The number of halogens is 1. The van der Waals surface area contributed by atoms with Crippen LogP contribution in [0.2, 0.25) is 0 Å². The van der Waals surface area contributed by atoms with Gasteiger partial charge in [-0.25, -0.2) is 0 Å². The predicted octanol–water partition coefficient (Wildman–Crippen LogP) is 3.79. The van der Waals surface area contributed by atoms with Crippen molar-refractivity contribution in [2.24, 2.45) is 5.73 Å². The van der Waals surface area contributed by atoms with Gasteiger partial charge in [0, 0.05) is 13.2 Å². The van der Waals surface area contributed by atoms with Crippen molar-refractivity contribution in [3.63, 3.8) is 0 Å². The molecule has 20 heavy (non-hydrogen) atoms. The molecule has 0 aromatic carbocycles. The summed E-state index contributed by atoms with van der Waals surface area (Å²) >= 11 is 3.60. The Bertz CT molecular complexity index is 425. The van der Waals surface area contributed by atoms with E-state index in [1.165, 1.54) is 25.7 Å². The van der Waals surface area contributed by atoms with Crippen molar-refractivity contribution in [2.45, 2.75) is 70.6 Å². The largest absolute Gasteiger partial charge is 0.373 e. The number of hydrogen-bond donors (Lipinski definition) is 1. The number of aromatic nitrogens is 2. The minimum absolute atomic E-state index is 0.127. The summed E-state index contributed by atoms with van der Waals surface area (Å²) in [5.41, 5.74) is 7.50. The van der Waals surface area contributed by atoms with Crippen molar-refractivity contribution in [3.8, 4) is 0 Å². The van der Waals surface area contributed by atoms with Crippen LogP contribution in [0.1, 0.15) is 64.1 Å². The number of nitrogens with zero attached hydrogens (tertiary/aromatic N) is 2. The number of nitrogens with two attached hydrogens (primary N) is 1. The van der Waals surface area contributed by atoms with Crippen LogP contribution < -0.4 is 5.73 Å². The van der Waals surface area contributed by atoms with Crippen LogP contribution in [-0.2, 0) is 11.3 Å². The summed E-state index contributed by atoms with van der Waals surface area (Å²) in [6, 6.07) is -0.127. The molecular weight excluding hydrogens is 318 g/mol. The third kappa shape index (κ3) is 3.10. The maximum atomic E-state index is 6.67. The monoisotopic (exact) mass is 343 g/mol. The van der Waals surface area contributed by atoms with Gasteiger partial charge in [0.2, 0.25) is 0 Å². The highest BCUT2D eigenvalue weighted by atomic mass is 79.9. The van der Waals surface area contributed by atoms with Gasteiger partial charge < -0.3 is 10.5 Å². The van der Waals surface area contributed by atoms with E-state index in [9.17, 15) is 0 Å². The van der Waals surface area contributed by atoms with E-state index in [0.29, 0.717) is 6.61 Å². The van der Waals surface area contributed by atoms with Gasteiger partial charge in [-0.15, -0.1) is 0 Å². The van der Waals surface area contributed by atoms with Gasteiger partial charge in [-0.05, 0) is 42.6 Å². The van der Waals surface area contributed by atoms with Crippen molar-refractivity contribution in [2.75, 3.05) is 6.61 Å². The second-order valence-electron chi connectivity index (χ2n) is 5.58. The Morgan fingerprint density at radius 3 is 2.55 bits per heavy atom. The standard InChI is InChI=1S/C15H26BrN3O/c1-3-19-13(12(16)11-18-19)14(17)15(20-4-2)9-7-5-6-8-10-15/h11,14H,3-10,17H2,1-2H3. The summed E-state index contributed by atoms with van der Waals surface area (Å²) in [6.07, 6.45) is 8.91. The van der Waals surface area contributed by atoms with Crippen molar-refractivity contribution < 1.29 is 4.74 Å². The van der Waals surface area contributed by atoms with Crippen LogP contribution in [0.5, 0.6) is 0 Å². The molecule has 1 atom stereocenters.